The average molecular weight is 295 g/mol. The zero-order chi connectivity index (χ0) is 16.0. The summed E-state index contributed by atoms with van der Waals surface area (Å²) in [5.41, 5.74) is 1.15. The van der Waals surface area contributed by atoms with Crippen molar-refractivity contribution in [2.75, 3.05) is 13.7 Å². The van der Waals surface area contributed by atoms with Crippen LogP contribution < -0.4 is 10.1 Å². The maximum Gasteiger partial charge on any atom is 0.165 e. The van der Waals surface area contributed by atoms with Gasteiger partial charge in [-0.2, -0.15) is 0 Å². The van der Waals surface area contributed by atoms with Gasteiger partial charge in [0, 0.05) is 5.54 Å². The van der Waals surface area contributed by atoms with Crippen LogP contribution in [-0.4, -0.2) is 19.2 Å². The summed E-state index contributed by atoms with van der Waals surface area (Å²) in [5.74, 6) is 1.19. The second-order valence-corrected chi connectivity index (χ2v) is 7.30. The zero-order valence-electron chi connectivity index (χ0n) is 14.3. The van der Waals surface area contributed by atoms with Gasteiger partial charge in [-0.1, -0.05) is 19.9 Å². The van der Waals surface area contributed by atoms with E-state index in [1.165, 1.54) is 7.11 Å². The maximum atomic E-state index is 13.8. The molecule has 1 rings (SSSR count). The third kappa shape index (κ3) is 6.94. The Morgan fingerprint density at radius 3 is 2.38 bits per heavy atom. The van der Waals surface area contributed by atoms with Crippen LogP contribution in [0.3, 0.4) is 0 Å². The lowest BCUT2D eigenvalue weighted by Crippen LogP contribution is -2.39. The van der Waals surface area contributed by atoms with Gasteiger partial charge in [-0.05, 0) is 69.7 Å². The highest BCUT2D eigenvalue weighted by atomic mass is 19.1. The first-order valence-corrected chi connectivity index (χ1v) is 7.78. The molecule has 0 amide bonds. The minimum atomic E-state index is -0.276. The fraction of sp³-hybridized carbons (Fsp3) is 0.667. The highest BCUT2D eigenvalue weighted by Gasteiger charge is 2.17. The number of methoxy groups -OCH3 is 1. The van der Waals surface area contributed by atoms with Crippen molar-refractivity contribution < 1.29 is 9.13 Å². The van der Waals surface area contributed by atoms with Crippen LogP contribution in [0, 0.1) is 17.7 Å². The van der Waals surface area contributed by atoms with Gasteiger partial charge in [0.2, 0.25) is 0 Å². The number of nitrogens with one attached hydrogen (secondary N) is 1. The molecule has 1 aromatic rings. The minimum absolute atomic E-state index is 0.111. The molecular weight excluding hydrogens is 265 g/mol. The summed E-state index contributed by atoms with van der Waals surface area (Å²) < 4.78 is 18.8. The summed E-state index contributed by atoms with van der Waals surface area (Å²) >= 11 is 0. The fourth-order valence-electron chi connectivity index (χ4n) is 2.53. The monoisotopic (exact) mass is 295 g/mol. The Morgan fingerprint density at radius 1 is 1.24 bits per heavy atom. The van der Waals surface area contributed by atoms with E-state index in [1.807, 2.05) is 6.07 Å². The highest BCUT2D eigenvalue weighted by Crippen LogP contribution is 2.22. The van der Waals surface area contributed by atoms with E-state index < -0.39 is 0 Å². The van der Waals surface area contributed by atoms with Gasteiger partial charge in [0.05, 0.1) is 7.11 Å². The summed E-state index contributed by atoms with van der Waals surface area (Å²) in [6.07, 6.45) is 2.03. The Hall–Kier alpha value is -1.09. The Kier molecular flexibility index (Phi) is 6.66. The first-order chi connectivity index (χ1) is 9.71. The third-order valence-electron chi connectivity index (χ3n) is 3.47. The van der Waals surface area contributed by atoms with E-state index in [9.17, 15) is 4.39 Å². The Morgan fingerprint density at radius 2 is 1.90 bits per heavy atom. The van der Waals surface area contributed by atoms with Gasteiger partial charge in [-0.25, -0.2) is 4.39 Å². The van der Waals surface area contributed by atoms with Gasteiger partial charge in [-0.15, -0.1) is 0 Å². The van der Waals surface area contributed by atoms with Crippen molar-refractivity contribution in [1.29, 1.82) is 0 Å². The normalized spacial score (nSPS) is 13.5. The number of halogens is 1. The highest BCUT2D eigenvalue weighted by molar-refractivity contribution is 5.29. The van der Waals surface area contributed by atoms with E-state index in [0.29, 0.717) is 17.6 Å². The topological polar surface area (TPSA) is 21.3 Å². The van der Waals surface area contributed by atoms with Crippen molar-refractivity contribution in [2.24, 2.45) is 11.8 Å². The molecule has 0 radical (unpaired) electrons. The third-order valence-corrected chi connectivity index (χ3v) is 3.47. The van der Waals surface area contributed by atoms with Crippen LogP contribution in [-0.2, 0) is 6.42 Å². The second kappa shape index (κ2) is 7.79. The summed E-state index contributed by atoms with van der Waals surface area (Å²) in [7, 11) is 1.49. The molecule has 1 aromatic carbocycles. The van der Waals surface area contributed by atoms with E-state index in [2.05, 4.69) is 39.9 Å². The molecule has 0 fully saturated rings. The van der Waals surface area contributed by atoms with Gasteiger partial charge >= 0.3 is 0 Å². The van der Waals surface area contributed by atoms with Crippen molar-refractivity contribution in [3.8, 4) is 5.75 Å². The van der Waals surface area contributed by atoms with Crippen LogP contribution in [0.5, 0.6) is 5.75 Å². The van der Waals surface area contributed by atoms with Crippen molar-refractivity contribution in [2.45, 2.75) is 53.0 Å². The fourth-order valence-corrected chi connectivity index (χ4v) is 2.53. The molecule has 1 N–H and O–H groups in total. The second-order valence-electron chi connectivity index (χ2n) is 7.30. The SMILES string of the molecule is COc1ccc(CC(CNC(C)(C)C)CC(C)C)cc1F. The molecule has 2 nitrogen and oxygen atoms in total. The molecule has 21 heavy (non-hydrogen) atoms. The van der Waals surface area contributed by atoms with Gasteiger partial charge < -0.3 is 10.1 Å². The molecule has 0 bridgehead atoms. The molecule has 0 aliphatic heterocycles. The molecule has 0 saturated carbocycles. The number of hydrogen-bond acceptors (Lipinski definition) is 2. The van der Waals surface area contributed by atoms with Crippen molar-refractivity contribution >= 4 is 0 Å². The quantitative estimate of drug-likeness (QED) is 0.803. The molecule has 0 aliphatic carbocycles. The molecule has 0 heterocycles. The van der Waals surface area contributed by atoms with Crippen LogP contribution in [0.4, 0.5) is 4.39 Å². The van der Waals surface area contributed by atoms with Gasteiger partial charge in [-0.3, -0.25) is 0 Å². The van der Waals surface area contributed by atoms with E-state index in [-0.39, 0.29) is 11.4 Å². The molecule has 0 aromatic heterocycles. The predicted octanol–water partition coefficient (Wildman–Crippen LogP) is 4.43. The lowest BCUT2D eigenvalue weighted by Gasteiger charge is -2.26. The summed E-state index contributed by atoms with van der Waals surface area (Å²) in [4.78, 5) is 0. The van der Waals surface area contributed by atoms with E-state index in [1.54, 1.807) is 12.1 Å². The summed E-state index contributed by atoms with van der Waals surface area (Å²) in [6, 6.07) is 5.28. The van der Waals surface area contributed by atoms with Crippen molar-refractivity contribution in [1.82, 2.24) is 5.32 Å². The van der Waals surface area contributed by atoms with E-state index >= 15 is 0 Å². The molecular formula is C18H30FNO. The first kappa shape index (κ1) is 18.0. The van der Waals surface area contributed by atoms with Crippen LogP contribution in [0.15, 0.2) is 18.2 Å². The molecule has 120 valence electrons. The smallest absolute Gasteiger partial charge is 0.165 e. The van der Waals surface area contributed by atoms with Crippen LogP contribution >= 0.6 is 0 Å². The predicted molar refractivity (Wildman–Crippen MR) is 87.4 cm³/mol. The largest absolute Gasteiger partial charge is 0.494 e. The molecule has 0 spiro atoms. The zero-order valence-corrected chi connectivity index (χ0v) is 14.3. The lowest BCUT2D eigenvalue weighted by molar-refractivity contribution is 0.330. The number of hydrogen-bond donors (Lipinski definition) is 1. The molecule has 1 unspecified atom stereocenters. The standard InChI is InChI=1S/C18H30FNO/c1-13(2)9-15(12-20-18(3,4)5)10-14-7-8-17(21-6)16(19)11-14/h7-8,11,13,15,20H,9-10,12H2,1-6H3. The Labute approximate surface area is 129 Å². The minimum Gasteiger partial charge on any atom is -0.494 e. The lowest BCUT2D eigenvalue weighted by atomic mass is 9.90. The van der Waals surface area contributed by atoms with Crippen molar-refractivity contribution in [3.63, 3.8) is 0 Å². The molecule has 1 atom stereocenters. The Balaban J connectivity index is 2.73. The van der Waals surface area contributed by atoms with Gasteiger partial charge in [0.25, 0.3) is 0 Å². The molecule has 0 saturated heterocycles. The maximum absolute atomic E-state index is 13.8. The Bertz CT molecular complexity index is 437. The summed E-state index contributed by atoms with van der Waals surface area (Å²) in [6.45, 7) is 11.9. The van der Waals surface area contributed by atoms with Gasteiger partial charge in [0.1, 0.15) is 0 Å². The number of rotatable bonds is 7. The van der Waals surface area contributed by atoms with E-state index in [0.717, 1.165) is 24.9 Å². The average Bonchev–Trinajstić information content (AvgIpc) is 2.35. The number of ether oxygens (including phenoxy) is 1. The van der Waals surface area contributed by atoms with Crippen LogP contribution in [0.1, 0.15) is 46.6 Å². The molecule has 0 aliphatic rings. The van der Waals surface area contributed by atoms with Crippen molar-refractivity contribution in [3.05, 3.63) is 29.6 Å². The van der Waals surface area contributed by atoms with Crippen LogP contribution in [0.2, 0.25) is 0 Å². The van der Waals surface area contributed by atoms with Gasteiger partial charge in [0.15, 0.2) is 11.6 Å². The first-order valence-electron chi connectivity index (χ1n) is 7.78. The van der Waals surface area contributed by atoms with E-state index in [4.69, 9.17) is 4.74 Å². The summed E-state index contributed by atoms with van der Waals surface area (Å²) in [5, 5.41) is 3.57. The molecule has 3 heteroatoms. The van der Waals surface area contributed by atoms with Crippen LogP contribution in [0.25, 0.3) is 0 Å². The number of benzene rings is 1.